The normalized spacial score (nSPS) is 9.59. The van der Waals surface area contributed by atoms with E-state index in [4.69, 9.17) is 14.4 Å². The van der Waals surface area contributed by atoms with Crippen LogP contribution in [0, 0.1) is 23.2 Å². The fourth-order valence-electron chi connectivity index (χ4n) is 2.29. The van der Waals surface area contributed by atoms with Gasteiger partial charge in [-0.15, -0.1) is 0 Å². The van der Waals surface area contributed by atoms with Crippen LogP contribution in [0.15, 0.2) is 71.1 Å². The van der Waals surface area contributed by atoms with Gasteiger partial charge >= 0.3 is 0 Å². The summed E-state index contributed by atoms with van der Waals surface area (Å²) >= 11 is 0. The number of carbonyl (C=O) groups is 1. The SMILES string of the molecule is N#Cc1ccccc1OCc1ccc(C(=O)NCC#Cc2ccccc2)o1. The van der Waals surface area contributed by atoms with Gasteiger partial charge < -0.3 is 14.5 Å². The van der Waals surface area contributed by atoms with E-state index in [-0.39, 0.29) is 24.8 Å². The minimum atomic E-state index is -0.346. The van der Waals surface area contributed by atoms with Crippen LogP contribution in [0.3, 0.4) is 0 Å². The number of ether oxygens (including phenoxy) is 1. The van der Waals surface area contributed by atoms with E-state index in [0.717, 1.165) is 5.56 Å². The van der Waals surface area contributed by atoms with Crippen LogP contribution >= 0.6 is 0 Å². The Morgan fingerprint density at radius 3 is 2.63 bits per heavy atom. The molecule has 0 atom stereocenters. The van der Waals surface area contributed by atoms with Crippen LogP contribution in [0.2, 0.25) is 0 Å². The molecule has 1 heterocycles. The van der Waals surface area contributed by atoms with E-state index >= 15 is 0 Å². The second-order valence-corrected chi connectivity index (χ2v) is 5.51. The highest BCUT2D eigenvalue weighted by Gasteiger charge is 2.11. The van der Waals surface area contributed by atoms with Crippen molar-refractivity contribution in [1.82, 2.24) is 5.32 Å². The highest BCUT2D eigenvalue weighted by atomic mass is 16.5. The summed E-state index contributed by atoms with van der Waals surface area (Å²) in [5, 5.41) is 11.7. The molecule has 0 radical (unpaired) electrons. The average Bonchev–Trinajstić information content (AvgIpc) is 3.19. The van der Waals surface area contributed by atoms with Gasteiger partial charge in [0.2, 0.25) is 0 Å². The first kappa shape index (κ1) is 17.8. The summed E-state index contributed by atoms with van der Waals surface area (Å²) in [6.45, 7) is 0.343. The molecule has 1 N–H and O–H groups in total. The van der Waals surface area contributed by atoms with Crippen LogP contribution < -0.4 is 10.1 Å². The molecule has 2 aromatic carbocycles. The molecule has 0 bridgehead atoms. The molecule has 3 aromatic rings. The van der Waals surface area contributed by atoms with Crippen LogP contribution in [-0.2, 0) is 6.61 Å². The molecule has 5 nitrogen and oxygen atoms in total. The lowest BCUT2D eigenvalue weighted by molar-refractivity contribution is 0.0927. The third-order valence-corrected chi connectivity index (χ3v) is 3.61. The van der Waals surface area contributed by atoms with E-state index in [1.807, 2.05) is 30.3 Å². The fraction of sp³-hybridized carbons (Fsp3) is 0.0909. The lowest BCUT2D eigenvalue weighted by Crippen LogP contribution is -2.23. The number of nitriles is 1. The molecule has 3 rings (SSSR count). The van der Waals surface area contributed by atoms with E-state index in [1.165, 1.54) is 0 Å². The Kier molecular flexibility index (Phi) is 5.91. The highest BCUT2D eigenvalue weighted by Crippen LogP contribution is 2.19. The molecular weight excluding hydrogens is 340 g/mol. The van der Waals surface area contributed by atoms with Gasteiger partial charge in [0.05, 0.1) is 12.1 Å². The Morgan fingerprint density at radius 2 is 1.81 bits per heavy atom. The maximum absolute atomic E-state index is 12.1. The zero-order valence-electron chi connectivity index (χ0n) is 14.4. The summed E-state index contributed by atoms with van der Waals surface area (Å²) in [6, 6.07) is 21.8. The Bertz CT molecular complexity index is 1020. The zero-order chi connectivity index (χ0) is 18.9. The Labute approximate surface area is 157 Å². The average molecular weight is 356 g/mol. The van der Waals surface area contributed by atoms with Crippen LogP contribution in [0.5, 0.6) is 5.75 Å². The highest BCUT2D eigenvalue weighted by molar-refractivity contribution is 5.91. The second kappa shape index (κ2) is 8.94. The van der Waals surface area contributed by atoms with Crippen LogP contribution in [0.4, 0.5) is 0 Å². The molecular formula is C22H16N2O3. The van der Waals surface area contributed by atoms with Crippen molar-refractivity contribution in [2.75, 3.05) is 6.54 Å². The molecule has 0 aliphatic carbocycles. The summed E-state index contributed by atoms with van der Waals surface area (Å²) in [7, 11) is 0. The van der Waals surface area contributed by atoms with E-state index in [0.29, 0.717) is 17.1 Å². The summed E-state index contributed by atoms with van der Waals surface area (Å²) in [4.78, 5) is 12.1. The number of nitrogens with one attached hydrogen (secondary N) is 1. The number of benzene rings is 2. The Hall–Kier alpha value is -3.96. The quantitative estimate of drug-likeness (QED) is 0.710. The van der Waals surface area contributed by atoms with E-state index < -0.39 is 0 Å². The predicted molar refractivity (Wildman–Crippen MR) is 99.9 cm³/mol. The first-order chi connectivity index (χ1) is 13.3. The summed E-state index contributed by atoms with van der Waals surface area (Å²) in [5.41, 5.74) is 1.33. The third-order valence-electron chi connectivity index (χ3n) is 3.61. The fourth-order valence-corrected chi connectivity index (χ4v) is 2.29. The van der Waals surface area contributed by atoms with Crippen molar-refractivity contribution in [3.63, 3.8) is 0 Å². The molecule has 5 heteroatoms. The molecule has 0 aliphatic rings. The van der Waals surface area contributed by atoms with Crippen LogP contribution in [0.1, 0.15) is 27.4 Å². The van der Waals surface area contributed by atoms with Gasteiger partial charge in [0, 0.05) is 5.56 Å². The smallest absolute Gasteiger partial charge is 0.287 e. The summed E-state index contributed by atoms with van der Waals surface area (Å²) < 4.78 is 11.1. The third kappa shape index (κ3) is 5.01. The number of hydrogen-bond donors (Lipinski definition) is 1. The zero-order valence-corrected chi connectivity index (χ0v) is 14.4. The van der Waals surface area contributed by atoms with E-state index in [2.05, 4.69) is 23.2 Å². The standard InChI is InChI=1S/C22H16N2O3/c23-15-18-10-4-5-11-20(18)26-16-19-12-13-21(27-19)22(25)24-14-6-9-17-7-2-1-3-8-17/h1-5,7-8,10-13H,14,16H2,(H,24,25). The van der Waals surface area contributed by atoms with Crippen molar-refractivity contribution < 1.29 is 13.9 Å². The molecule has 132 valence electrons. The van der Waals surface area contributed by atoms with Crippen molar-refractivity contribution >= 4 is 5.91 Å². The van der Waals surface area contributed by atoms with Crippen molar-refractivity contribution in [2.24, 2.45) is 0 Å². The number of hydrogen-bond acceptors (Lipinski definition) is 4. The molecule has 0 fully saturated rings. The van der Waals surface area contributed by atoms with E-state index in [1.54, 1.807) is 36.4 Å². The van der Waals surface area contributed by atoms with Gasteiger partial charge in [0.15, 0.2) is 5.76 Å². The van der Waals surface area contributed by atoms with Gasteiger partial charge in [-0.1, -0.05) is 42.2 Å². The monoisotopic (exact) mass is 356 g/mol. The van der Waals surface area contributed by atoms with Gasteiger partial charge in [0.25, 0.3) is 5.91 Å². The predicted octanol–water partition coefficient (Wildman–Crippen LogP) is 3.51. The first-order valence-electron chi connectivity index (χ1n) is 8.29. The Balaban J connectivity index is 1.52. The minimum absolute atomic E-state index is 0.125. The number of furan rings is 1. The lowest BCUT2D eigenvalue weighted by Gasteiger charge is -2.05. The largest absolute Gasteiger partial charge is 0.484 e. The molecule has 1 aromatic heterocycles. The van der Waals surface area contributed by atoms with Crippen molar-refractivity contribution in [3.05, 3.63) is 89.4 Å². The van der Waals surface area contributed by atoms with E-state index in [9.17, 15) is 4.79 Å². The van der Waals surface area contributed by atoms with Crippen LogP contribution in [0.25, 0.3) is 0 Å². The van der Waals surface area contributed by atoms with Crippen molar-refractivity contribution in [3.8, 4) is 23.7 Å². The maximum atomic E-state index is 12.1. The number of rotatable bonds is 5. The van der Waals surface area contributed by atoms with Gasteiger partial charge in [-0.2, -0.15) is 5.26 Å². The molecule has 0 saturated carbocycles. The molecule has 0 spiro atoms. The molecule has 0 unspecified atom stereocenters. The lowest BCUT2D eigenvalue weighted by atomic mass is 10.2. The number of carbonyl (C=O) groups excluding carboxylic acids is 1. The van der Waals surface area contributed by atoms with Crippen LogP contribution in [-0.4, -0.2) is 12.5 Å². The molecule has 1 amide bonds. The second-order valence-electron chi connectivity index (χ2n) is 5.51. The topological polar surface area (TPSA) is 75.3 Å². The number of amides is 1. The van der Waals surface area contributed by atoms with Gasteiger partial charge in [-0.05, 0) is 36.4 Å². The number of para-hydroxylation sites is 1. The molecule has 0 aliphatic heterocycles. The first-order valence-corrected chi connectivity index (χ1v) is 8.29. The van der Waals surface area contributed by atoms with Crippen molar-refractivity contribution in [2.45, 2.75) is 6.61 Å². The maximum Gasteiger partial charge on any atom is 0.287 e. The Morgan fingerprint density at radius 1 is 1.04 bits per heavy atom. The summed E-state index contributed by atoms with van der Waals surface area (Å²) in [5.74, 6) is 6.65. The van der Waals surface area contributed by atoms with Crippen molar-refractivity contribution in [1.29, 1.82) is 5.26 Å². The number of nitrogens with zero attached hydrogens (tertiary/aromatic N) is 1. The molecule has 0 saturated heterocycles. The van der Waals surface area contributed by atoms with Gasteiger partial charge in [-0.25, -0.2) is 0 Å². The minimum Gasteiger partial charge on any atom is -0.484 e. The van der Waals surface area contributed by atoms with Gasteiger partial charge in [-0.3, -0.25) is 4.79 Å². The van der Waals surface area contributed by atoms with Gasteiger partial charge in [0.1, 0.15) is 24.2 Å². The molecule has 27 heavy (non-hydrogen) atoms. The summed E-state index contributed by atoms with van der Waals surface area (Å²) in [6.07, 6.45) is 0.